The molecule has 0 aliphatic carbocycles. The minimum Gasteiger partial charge on any atom is -0.380 e. The topological polar surface area (TPSA) is 21.3 Å². The predicted molar refractivity (Wildman–Crippen MR) is 71.6 cm³/mol. The Hall–Kier alpha value is -0.380. The van der Waals surface area contributed by atoms with Gasteiger partial charge in [-0.3, -0.25) is 0 Å². The van der Waals surface area contributed by atoms with Gasteiger partial charge in [-0.15, -0.1) is 0 Å². The molecule has 0 spiro atoms. The Labute approximate surface area is 107 Å². The molecule has 3 atom stereocenters. The maximum absolute atomic E-state index is 5.30. The molecule has 0 saturated heterocycles. The van der Waals surface area contributed by atoms with E-state index in [2.05, 4.69) is 60.2 Å². The molecule has 0 amide bonds. The van der Waals surface area contributed by atoms with Gasteiger partial charge in [-0.25, -0.2) is 0 Å². The molecule has 2 nitrogen and oxygen atoms in total. The summed E-state index contributed by atoms with van der Waals surface area (Å²) in [7, 11) is 1.74. The second kappa shape index (κ2) is 6.38. The van der Waals surface area contributed by atoms with Crippen LogP contribution >= 0.6 is 15.9 Å². The smallest absolute Gasteiger partial charge is 0.0693 e. The first-order valence-corrected chi connectivity index (χ1v) is 6.38. The van der Waals surface area contributed by atoms with Gasteiger partial charge in [0.1, 0.15) is 0 Å². The Balaban J connectivity index is 2.61. The van der Waals surface area contributed by atoms with Crippen LogP contribution in [0.15, 0.2) is 28.7 Å². The summed E-state index contributed by atoms with van der Waals surface area (Å²) in [5.41, 5.74) is 1.28. The predicted octanol–water partition coefficient (Wildman–Crippen LogP) is 3.52. The van der Waals surface area contributed by atoms with Crippen molar-refractivity contribution >= 4 is 15.9 Å². The first-order chi connectivity index (χ1) is 7.54. The van der Waals surface area contributed by atoms with E-state index in [0.29, 0.717) is 12.1 Å². The van der Waals surface area contributed by atoms with E-state index in [9.17, 15) is 0 Å². The van der Waals surface area contributed by atoms with E-state index in [1.54, 1.807) is 7.11 Å². The van der Waals surface area contributed by atoms with Crippen molar-refractivity contribution in [3.63, 3.8) is 0 Å². The summed E-state index contributed by atoms with van der Waals surface area (Å²) in [6.45, 7) is 6.38. The normalized spacial score (nSPS) is 16.8. The van der Waals surface area contributed by atoms with Gasteiger partial charge in [0.15, 0.2) is 0 Å². The van der Waals surface area contributed by atoms with Crippen LogP contribution in [-0.4, -0.2) is 19.3 Å². The monoisotopic (exact) mass is 285 g/mol. The van der Waals surface area contributed by atoms with E-state index < -0.39 is 0 Å². The van der Waals surface area contributed by atoms with Crippen LogP contribution in [0.5, 0.6) is 0 Å². The van der Waals surface area contributed by atoms with Gasteiger partial charge in [0, 0.05) is 23.7 Å². The van der Waals surface area contributed by atoms with Crippen LogP contribution in [0.3, 0.4) is 0 Å². The molecular weight excluding hydrogens is 266 g/mol. The number of benzene rings is 1. The summed E-state index contributed by atoms with van der Waals surface area (Å²) in [4.78, 5) is 0. The summed E-state index contributed by atoms with van der Waals surface area (Å²) >= 11 is 3.49. The maximum Gasteiger partial charge on any atom is 0.0693 e. The van der Waals surface area contributed by atoms with Gasteiger partial charge < -0.3 is 10.1 Å². The second-order valence-electron chi connectivity index (χ2n) is 4.17. The Morgan fingerprint density at radius 3 is 2.50 bits per heavy atom. The highest BCUT2D eigenvalue weighted by Gasteiger charge is 2.14. The van der Waals surface area contributed by atoms with E-state index >= 15 is 0 Å². The third-order valence-corrected chi connectivity index (χ3v) is 3.43. The number of nitrogens with one attached hydrogen (secondary N) is 1. The number of halogens is 1. The average Bonchev–Trinajstić information content (AvgIpc) is 2.27. The van der Waals surface area contributed by atoms with Gasteiger partial charge in [0.2, 0.25) is 0 Å². The zero-order valence-electron chi connectivity index (χ0n) is 10.3. The van der Waals surface area contributed by atoms with Crippen LogP contribution in [0.1, 0.15) is 32.4 Å². The van der Waals surface area contributed by atoms with Crippen LogP contribution < -0.4 is 5.32 Å². The van der Waals surface area contributed by atoms with Crippen molar-refractivity contribution in [3.8, 4) is 0 Å². The molecule has 0 radical (unpaired) electrons. The number of ether oxygens (including phenoxy) is 1. The third kappa shape index (κ3) is 3.89. The van der Waals surface area contributed by atoms with Crippen molar-refractivity contribution in [3.05, 3.63) is 34.3 Å². The standard InChI is InChI=1S/C13H20BrNO/c1-9(11(3)16-4)15-10(2)12-6-5-7-13(14)8-12/h5-11,15H,1-4H3/t9?,10-,11?/m0/s1. The van der Waals surface area contributed by atoms with Crippen LogP contribution in [-0.2, 0) is 4.74 Å². The van der Waals surface area contributed by atoms with Crippen molar-refractivity contribution in [2.75, 3.05) is 7.11 Å². The second-order valence-corrected chi connectivity index (χ2v) is 5.09. The molecule has 1 N–H and O–H groups in total. The highest BCUT2D eigenvalue weighted by atomic mass is 79.9. The van der Waals surface area contributed by atoms with E-state index in [4.69, 9.17) is 4.74 Å². The van der Waals surface area contributed by atoms with Crippen LogP contribution in [0.4, 0.5) is 0 Å². The van der Waals surface area contributed by atoms with Gasteiger partial charge >= 0.3 is 0 Å². The SMILES string of the molecule is COC(C)C(C)N[C@@H](C)c1cccc(Br)c1. The van der Waals surface area contributed by atoms with E-state index in [0.717, 1.165) is 4.47 Å². The molecule has 16 heavy (non-hydrogen) atoms. The Morgan fingerprint density at radius 1 is 1.25 bits per heavy atom. The highest BCUT2D eigenvalue weighted by Crippen LogP contribution is 2.18. The van der Waals surface area contributed by atoms with Gasteiger partial charge in [-0.2, -0.15) is 0 Å². The molecule has 0 aliphatic rings. The molecule has 0 heterocycles. The fraction of sp³-hybridized carbons (Fsp3) is 0.538. The fourth-order valence-corrected chi connectivity index (χ4v) is 2.02. The first kappa shape index (κ1) is 13.7. The number of hydrogen-bond donors (Lipinski definition) is 1. The Bertz CT molecular complexity index is 329. The summed E-state index contributed by atoms with van der Waals surface area (Å²) in [6.07, 6.45) is 0.217. The Morgan fingerprint density at radius 2 is 1.94 bits per heavy atom. The summed E-state index contributed by atoms with van der Waals surface area (Å²) < 4.78 is 6.42. The van der Waals surface area contributed by atoms with Gasteiger partial charge in [0.25, 0.3) is 0 Å². The van der Waals surface area contributed by atoms with Crippen LogP contribution in [0.25, 0.3) is 0 Å². The van der Waals surface area contributed by atoms with Gasteiger partial charge in [-0.05, 0) is 38.5 Å². The third-order valence-electron chi connectivity index (χ3n) is 2.94. The molecular formula is C13H20BrNO. The average molecular weight is 286 g/mol. The minimum atomic E-state index is 0.217. The van der Waals surface area contributed by atoms with E-state index in [1.807, 2.05) is 6.07 Å². The lowest BCUT2D eigenvalue weighted by molar-refractivity contribution is 0.0852. The van der Waals surface area contributed by atoms with Crippen molar-refractivity contribution in [1.82, 2.24) is 5.32 Å². The quantitative estimate of drug-likeness (QED) is 0.894. The highest BCUT2D eigenvalue weighted by molar-refractivity contribution is 9.10. The van der Waals surface area contributed by atoms with Crippen molar-refractivity contribution in [2.24, 2.45) is 0 Å². The molecule has 1 aromatic rings. The van der Waals surface area contributed by atoms with Gasteiger partial charge in [0.05, 0.1) is 6.10 Å². The number of methoxy groups -OCH3 is 1. The molecule has 0 bridgehead atoms. The van der Waals surface area contributed by atoms with Crippen molar-refractivity contribution in [1.29, 1.82) is 0 Å². The molecule has 3 heteroatoms. The molecule has 0 fully saturated rings. The summed E-state index contributed by atoms with van der Waals surface area (Å²) in [6, 6.07) is 9.03. The summed E-state index contributed by atoms with van der Waals surface area (Å²) in [5, 5.41) is 3.53. The zero-order valence-corrected chi connectivity index (χ0v) is 11.9. The number of hydrogen-bond acceptors (Lipinski definition) is 2. The molecule has 90 valence electrons. The summed E-state index contributed by atoms with van der Waals surface area (Å²) in [5.74, 6) is 0. The van der Waals surface area contributed by atoms with E-state index in [-0.39, 0.29) is 6.10 Å². The Kier molecular flexibility index (Phi) is 5.46. The number of rotatable bonds is 5. The van der Waals surface area contributed by atoms with Gasteiger partial charge in [-0.1, -0.05) is 28.1 Å². The largest absolute Gasteiger partial charge is 0.380 e. The molecule has 0 aliphatic heterocycles. The fourth-order valence-electron chi connectivity index (χ4n) is 1.61. The van der Waals surface area contributed by atoms with Crippen molar-refractivity contribution in [2.45, 2.75) is 39.0 Å². The molecule has 2 unspecified atom stereocenters. The van der Waals surface area contributed by atoms with Crippen LogP contribution in [0, 0.1) is 0 Å². The van der Waals surface area contributed by atoms with E-state index in [1.165, 1.54) is 5.56 Å². The van der Waals surface area contributed by atoms with Crippen molar-refractivity contribution < 1.29 is 4.74 Å². The lowest BCUT2D eigenvalue weighted by Gasteiger charge is -2.24. The lowest BCUT2D eigenvalue weighted by Crippen LogP contribution is -2.38. The zero-order chi connectivity index (χ0) is 12.1. The molecule has 1 rings (SSSR count). The maximum atomic E-state index is 5.30. The lowest BCUT2D eigenvalue weighted by atomic mass is 10.1. The molecule has 0 aromatic heterocycles. The minimum absolute atomic E-state index is 0.217. The molecule has 0 saturated carbocycles. The first-order valence-electron chi connectivity index (χ1n) is 5.59. The van der Waals surface area contributed by atoms with Crippen LogP contribution in [0.2, 0.25) is 0 Å². The molecule has 1 aromatic carbocycles.